The van der Waals surface area contributed by atoms with E-state index in [0.29, 0.717) is 44.3 Å². The topological polar surface area (TPSA) is 45.5 Å². The zero-order valence-corrected chi connectivity index (χ0v) is 19.5. The minimum atomic E-state index is -0.529. The van der Waals surface area contributed by atoms with Crippen molar-refractivity contribution in [1.29, 1.82) is 0 Å². The van der Waals surface area contributed by atoms with Gasteiger partial charge >= 0.3 is 0 Å². The molecule has 0 saturated carbocycles. The lowest BCUT2D eigenvalue weighted by Gasteiger charge is -2.36. The Hall–Kier alpha value is -2.41. The first kappa shape index (κ1) is 24.2. The maximum absolute atomic E-state index is 14.4. The fourth-order valence-electron chi connectivity index (χ4n) is 4.10. The predicted molar refractivity (Wildman–Crippen MR) is 124 cm³/mol. The van der Waals surface area contributed by atoms with Crippen LogP contribution >= 0.6 is 12.4 Å². The molecule has 1 aliphatic heterocycles. The van der Waals surface area contributed by atoms with Gasteiger partial charge in [0.05, 0.1) is 5.60 Å². The van der Waals surface area contributed by atoms with Crippen LogP contribution in [0.4, 0.5) is 4.39 Å². The lowest BCUT2D eigenvalue weighted by atomic mass is 9.86. The Morgan fingerprint density at radius 3 is 2.50 bits per heavy atom. The standard InChI is InChI=1S/C25H29FN2O3.ClH/c1-18(2)24-27-10-11-28(24)22-6-4-19(5-7-22)17-31-23-15-20(14-21(26)16-23)25(29-3)8-12-30-13-9-25;/h4-7,10-11,14-16,18H,8-9,12-13,17H2,1-3H3;1H. The van der Waals surface area contributed by atoms with E-state index >= 15 is 0 Å². The zero-order chi connectivity index (χ0) is 21.8. The van der Waals surface area contributed by atoms with E-state index in [1.165, 1.54) is 12.1 Å². The van der Waals surface area contributed by atoms with Gasteiger partial charge in [0, 0.05) is 63.2 Å². The Morgan fingerprint density at radius 2 is 1.84 bits per heavy atom. The summed E-state index contributed by atoms with van der Waals surface area (Å²) in [5.74, 6) is 1.54. The summed E-state index contributed by atoms with van der Waals surface area (Å²) >= 11 is 0. The second-order valence-corrected chi connectivity index (χ2v) is 8.25. The number of imidazole rings is 1. The molecule has 1 aromatic heterocycles. The molecule has 0 bridgehead atoms. The van der Waals surface area contributed by atoms with Crippen LogP contribution in [0.5, 0.6) is 5.75 Å². The number of benzene rings is 2. The fraction of sp³-hybridized carbons (Fsp3) is 0.400. The van der Waals surface area contributed by atoms with Crippen molar-refractivity contribution in [3.05, 3.63) is 77.6 Å². The van der Waals surface area contributed by atoms with Crippen molar-refractivity contribution in [2.45, 2.75) is 44.8 Å². The summed E-state index contributed by atoms with van der Waals surface area (Å²) in [5, 5.41) is 0. The van der Waals surface area contributed by atoms with E-state index in [0.717, 1.165) is 22.6 Å². The summed E-state index contributed by atoms with van der Waals surface area (Å²) < 4.78 is 33.6. The highest BCUT2D eigenvalue weighted by Crippen LogP contribution is 2.37. The summed E-state index contributed by atoms with van der Waals surface area (Å²) in [6, 6.07) is 13.0. The maximum atomic E-state index is 14.4. The molecule has 2 heterocycles. The monoisotopic (exact) mass is 460 g/mol. The van der Waals surface area contributed by atoms with Crippen LogP contribution in [0, 0.1) is 5.82 Å². The largest absolute Gasteiger partial charge is 0.489 e. The number of hydrogen-bond donors (Lipinski definition) is 0. The number of methoxy groups -OCH3 is 1. The number of nitrogens with zero attached hydrogens (tertiary/aromatic N) is 2. The molecule has 0 aliphatic carbocycles. The highest BCUT2D eigenvalue weighted by atomic mass is 35.5. The van der Waals surface area contributed by atoms with Crippen molar-refractivity contribution in [2.24, 2.45) is 0 Å². The number of aromatic nitrogens is 2. The van der Waals surface area contributed by atoms with E-state index in [2.05, 4.69) is 23.4 Å². The third-order valence-corrected chi connectivity index (χ3v) is 5.89. The first-order valence-electron chi connectivity index (χ1n) is 10.7. The van der Waals surface area contributed by atoms with Gasteiger partial charge in [-0.15, -0.1) is 12.4 Å². The van der Waals surface area contributed by atoms with Crippen LogP contribution in [0.2, 0.25) is 0 Å². The first-order chi connectivity index (χ1) is 15.0. The maximum Gasteiger partial charge on any atom is 0.127 e. The Morgan fingerprint density at radius 1 is 1.12 bits per heavy atom. The minimum absolute atomic E-state index is 0. The molecule has 4 rings (SSSR count). The van der Waals surface area contributed by atoms with Crippen molar-refractivity contribution in [1.82, 2.24) is 9.55 Å². The van der Waals surface area contributed by atoms with Crippen LogP contribution in [-0.2, 0) is 21.7 Å². The van der Waals surface area contributed by atoms with Crippen LogP contribution in [0.25, 0.3) is 5.69 Å². The highest BCUT2D eigenvalue weighted by Gasteiger charge is 2.35. The van der Waals surface area contributed by atoms with Crippen LogP contribution in [0.1, 0.15) is 49.6 Å². The number of halogens is 2. The van der Waals surface area contributed by atoms with Crippen molar-refractivity contribution >= 4 is 12.4 Å². The first-order valence-corrected chi connectivity index (χ1v) is 10.7. The molecule has 0 N–H and O–H groups in total. The Balaban J connectivity index is 0.00000289. The molecule has 7 heteroatoms. The molecule has 1 saturated heterocycles. The fourth-order valence-corrected chi connectivity index (χ4v) is 4.10. The molecule has 0 unspecified atom stereocenters. The molecule has 0 radical (unpaired) electrons. The second-order valence-electron chi connectivity index (χ2n) is 8.25. The molecule has 2 aromatic carbocycles. The smallest absolute Gasteiger partial charge is 0.127 e. The molecular weight excluding hydrogens is 431 g/mol. The summed E-state index contributed by atoms with van der Waals surface area (Å²) in [7, 11) is 1.67. The molecule has 5 nitrogen and oxygen atoms in total. The third kappa shape index (κ3) is 5.14. The van der Waals surface area contributed by atoms with E-state index in [1.54, 1.807) is 7.11 Å². The van der Waals surface area contributed by atoms with Gasteiger partial charge in [-0.3, -0.25) is 0 Å². The number of hydrogen-bond acceptors (Lipinski definition) is 4. The van der Waals surface area contributed by atoms with Gasteiger partial charge in [0.25, 0.3) is 0 Å². The second kappa shape index (κ2) is 10.5. The SMILES string of the molecule is COC1(c2cc(F)cc(OCc3ccc(-n4ccnc4C(C)C)cc3)c2)CCOCC1.Cl. The van der Waals surface area contributed by atoms with E-state index in [1.807, 2.05) is 42.7 Å². The summed E-state index contributed by atoms with van der Waals surface area (Å²) in [6.45, 7) is 5.81. The van der Waals surface area contributed by atoms with Crippen molar-refractivity contribution in [3.8, 4) is 11.4 Å². The molecule has 0 spiro atoms. The van der Waals surface area contributed by atoms with Crippen LogP contribution < -0.4 is 4.74 Å². The summed E-state index contributed by atoms with van der Waals surface area (Å²) in [5.41, 5.74) is 2.33. The predicted octanol–water partition coefficient (Wildman–Crippen LogP) is 5.79. The molecule has 32 heavy (non-hydrogen) atoms. The molecule has 1 fully saturated rings. The van der Waals surface area contributed by atoms with Crippen molar-refractivity contribution < 1.29 is 18.6 Å². The van der Waals surface area contributed by atoms with Crippen LogP contribution in [0.3, 0.4) is 0 Å². The quantitative estimate of drug-likeness (QED) is 0.447. The average Bonchev–Trinajstić information content (AvgIpc) is 3.28. The Bertz CT molecular complexity index is 1010. The van der Waals surface area contributed by atoms with E-state index in [-0.39, 0.29) is 18.2 Å². The van der Waals surface area contributed by atoms with Gasteiger partial charge < -0.3 is 18.8 Å². The van der Waals surface area contributed by atoms with E-state index in [4.69, 9.17) is 14.2 Å². The molecule has 0 amide bonds. The van der Waals surface area contributed by atoms with Gasteiger partial charge in [-0.25, -0.2) is 9.37 Å². The number of ether oxygens (including phenoxy) is 3. The Labute approximate surface area is 194 Å². The molecule has 172 valence electrons. The van der Waals surface area contributed by atoms with Crippen molar-refractivity contribution in [2.75, 3.05) is 20.3 Å². The normalized spacial score (nSPS) is 15.4. The average molecular weight is 461 g/mol. The van der Waals surface area contributed by atoms with Gasteiger partial charge in [0.1, 0.15) is 24.0 Å². The Kier molecular flexibility index (Phi) is 7.93. The lowest BCUT2D eigenvalue weighted by Crippen LogP contribution is -2.35. The van der Waals surface area contributed by atoms with E-state index in [9.17, 15) is 4.39 Å². The van der Waals surface area contributed by atoms with Gasteiger partial charge in [0.2, 0.25) is 0 Å². The summed E-state index contributed by atoms with van der Waals surface area (Å²) in [4.78, 5) is 4.44. The van der Waals surface area contributed by atoms with Gasteiger partial charge in [0.15, 0.2) is 0 Å². The summed E-state index contributed by atoms with van der Waals surface area (Å²) in [6.07, 6.45) is 5.18. The van der Waals surface area contributed by atoms with Crippen LogP contribution in [0.15, 0.2) is 54.9 Å². The minimum Gasteiger partial charge on any atom is -0.489 e. The molecule has 0 atom stereocenters. The molecular formula is C25H30ClFN2O3. The number of rotatable bonds is 7. The van der Waals surface area contributed by atoms with Crippen molar-refractivity contribution in [3.63, 3.8) is 0 Å². The van der Waals surface area contributed by atoms with Gasteiger partial charge in [-0.2, -0.15) is 0 Å². The highest BCUT2D eigenvalue weighted by molar-refractivity contribution is 5.85. The zero-order valence-electron chi connectivity index (χ0n) is 18.7. The van der Waals surface area contributed by atoms with Gasteiger partial charge in [-0.05, 0) is 35.4 Å². The van der Waals surface area contributed by atoms with E-state index < -0.39 is 5.60 Å². The van der Waals surface area contributed by atoms with Gasteiger partial charge in [-0.1, -0.05) is 26.0 Å². The van der Waals surface area contributed by atoms with Crippen LogP contribution in [-0.4, -0.2) is 29.9 Å². The third-order valence-electron chi connectivity index (χ3n) is 5.89. The lowest BCUT2D eigenvalue weighted by molar-refractivity contribution is -0.0950. The molecule has 1 aliphatic rings. The molecule has 3 aromatic rings.